The summed E-state index contributed by atoms with van der Waals surface area (Å²) in [5, 5.41) is 0. The van der Waals surface area contributed by atoms with Gasteiger partial charge in [0.05, 0.1) is 12.0 Å². The summed E-state index contributed by atoms with van der Waals surface area (Å²) in [7, 11) is 0. The van der Waals surface area contributed by atoms with Gasteiger partial charge in [-0.3, -0.25) is 4.79 Å². The molecule has 4 heteroatoms. The third-order valence-electron chi connectivity index (χ3n) is 2.08. The number of ether oxygens (including phenoxy) is 1. The number of carbonyl (C=O) groups is 1. The quantitative estimate of drug-likeness (QED) is 0.450. The number of hydrogen-bond donors (Lipinski definition) is 0. The largest absolute Gasteiger partial charge is 0.377 e. The van der Waals surface area contributed by atoms with Crippen molar-refractivity contribution >= 4 is 12.0 Å². The second kappa shape index (κ2) is 4.14. The summed E-state index contributed by atoms with van der Waals surface area (Å²) in [5.74, 6) is -0.620. The monoisotopic (exact) mass is 169 g/mol. The molecule has 1 heterocycles. The van der Waals surface area contributed by atoms with Crippen LogP contribution < -0.4 is 0 Å². The molecule has 12 heavy (non-hydrogen) atoms. The molecule has 1 aliphatic rings. The SMILES string of the molecule is CCC1OCCC1C(=O)N=C=O. The minimum Gasteiger partial charge on any atom is -0.377 e. The molecule has 1 amide bonds. The Balaban J connectivity index is 2.60. The summed E-state index contributed by atoms with van der Waals surface area (Å²) in [6.07, 6.45) is 2.65. The Labute approximate surface area is 70.6 Å². The second-order valence-electron chi connectivity index (χ2n) is 2.75. The van der Waals surface area contributed by atoms with E-state index in [1.54, 1.807) is 0 Å². The lowest BCUT2D eigenvalue weighted by molar-refractivity contribution is -0.123. The van der Waals surface area contributed by atoms with Crippen LogP contribution in [0.25, 0.3) is 0 Å². The zero-order valence-corrected chi connectivity index (χ0v) is 6.95. The number of aliphatic imine (C=N–C) groups is 1. The summed E-state index contributed by atoms with van der Waals surface area (Å²) >= 11 is 0. The highest BCUT2D eigenvalue weighted by atomic mass is 16.5. The number of hydrogen-bond acceptors (Lipinski definition) is 3. The maximum atomic E-state index is 11.1. The maximum Gasteiger partial charge on any atom is 0.262 e. The normalized spacial score (nSPS) is 28.1. The zero-order valence-electron chi connectivity index (χ0n) is 6.95. The Kier molecular flexibility index (Phi) is 3.14. The maximum absolute atomic E-state index is 11.1. The van der Waals surface area contributed by atoms with Gasteiger partial charge in [0.25, 0.3) is 5.91 Å². The minimum absolute atomic E-state index is 0.0606. The van der Waals surface area contributed by atoms with Gasteiger partial charge in [0.15, 0.2) is 0 Å². The topological polar surface area (TPSA) is 55.7 Å². The Morgan fingerprint density at radius 2 is 2.50 bits per heavy atom. The predicted molar refractivity (Wildman–Crippen MR) is 41.3 cm³/mol. The average Bonchev–Trinajstić information content (AvgIpc) is 2.51. The van der Waals surface area contributed by atoms with E-state index in [1.807, 2.05) is 6.92 Å². The molecule has 0 saturated carbocycles. The zero-order chi connectivity index (χ0) is 8.97. The molecule has 2 unspecified atom stereocenters. The van der Waals surface area contributed by atoms with E-state index >= 15 is 0 Å². The fourth-order valence-electron chi connectivity index (χ4n) is 1.46. The summed E-state index contributed by atoms with van der Waals surface area (Å²) < 4.78 is 5.27. The predicted octanol–water partition coefficient (Wildman–Crippen LogP) is 0.664. The van der Waals surface area contributed by atoms with Gasteiger partial charge in [0.2, 0.25) is 6.08 Å². The first-order valence-corrected chi connectivity index (χ1v) is 4.03. The van der Waals surface area contributed by atoms with E-state index in [2.05, 4.69) is 4.99 Å². The van der Waals surface area contributed by atoms with Crippen LogP contribution in [0.1, 0.15) is 19.8 Å². The van der Waals surface area contributed by atoms with Crippen molar-refractivity contribution in [2.45, 2.75) is 25.9 Å². The minimum atomic E-state index is -0.394. The van der Waals surface area contributed by atoms with Crippen LogP contribution in [0.2, 0.25) is 0 Å². The van der Waals surface area contributed by atoms with Crippen LogP contribution in [-0.4, -0.2) is 24.7 Å². The Hall–Kier alpha value is -0.990. The smallest absolute Gasteiger partial charge is 0.262 e. The van der Waals surface area contributed by atoms with E-state index in [4.69, 9.17) is 4.74 Å². The lowest BCUT2D eigenvalue weighted by atomic mass is 9.99. The highest BCUT2D eigenvalue weighted by Crippen LogP contribution is 2.24. The third kappa shape index (κ3) is 1.78. The van der Waals surface area contributed by atoms with Crippen molar-refractivity contribution < 1.29 is 14.3 Å². The second-order valence-corrected chi connectivity index (χ2v) is 2.75. The van der Waals surface area contributed by atoms with Gasteiger partial charge in [-0.2, -0.15) is 0 Å². The van der Waals surface area contributed by atoms with E-state index < -0.39 is 5.91 Å². The first-order valence-electron chi connectivity index (χ1n) is 4.03. The average molecular weight is 169 g/mol. The van der Waals surface area contributed by atoms with Crippen molar-refractivity contribution in [2.75, 3.05) is 6.61 Å². The Bertz CT molecular complexity index is 220. The van der Waals surface area contributed by atoms with Crippen molar-refractivity contribution in [3.05, 3.63) is 0 Å². The molecule has 1 saturated heterocycles. The molecule has 0 aliphatic carbocycles. The molecule has 4 nitrogen and oxygen atoms in total. The van der Waals surface area contributed by atoms with Gasteiger partial charge in [0.1, 0.15) is 0 Å². The number of isocyanates is 1. The van der Waals surface area contributed by atoms with Gasteiger partial charge in [-0.1, -0.05) is 6.92 Å². The molecule has 0 radical (unpaired) electrons. The van der Waals surface area contributed by atoms with Crippen molar-refractivity contribution in [1.82, 2.24) is 0 Å². The number of amides is 1. The summed E-state index contributed by atoms with van der Waals surface area (Å²) in [6, 6.07) is 0. The van der Waals surface area contributed by atoms with Gasteiger partial charge in [0, 0.05) is 6.61 Å². The van der Waals surface area contributed by atoms with Crippen molar-refractivity contribution in [3.8, 4) is 0 Å². The Morgan fingerprint density at radius 1 is 1.75 bits per heavy atom. The molecular weight excluding hydrogens is 158 g/mol. The van der Waals surface area contributed by atoms with E-state index in [1.165, 1.54) is 6.08 Å². The molecule has 0 bridgehead atoms. The molecule has 0 spiro atoms. The molecule has 0 aromatic heterocycles. The van der Waals surface area contributed by atoms with E-state index in [0.717, 1.165) is 6.42 Å². The Morgan fingerprint density at radius 3 is 3.08 bits per heavy atom. The van der Waals surface area contributed by atoms with Gasteiger partial charge < -0.3 is 4.74 Å². The lowest BCUT2D eigenvalue weighted by Crippen LogP contribution is -2.21. The highest BCUT2D eigenvalue weighted by Gasteiger charge is 2.32. The summed E-state index contributed by atoms with van der Waals surface area (Å²) in [5.41, 5.74) is 0. The first-order chi connectivity index (χ1) is 5.79. The van der Waals surface area contributed by atoms with Crippen LogP contribution in [0.3, 0.4) is 0 Å². The van der Waals surface area contributed by atoms with Gasteiger partial charge in [-0.25, -0.2) is 4.79 Å². The van der Waals surface area contributed by atoms with Crippen LogP contribution in [0.4, 0.5) is 0 Å². The van der Waals surface area contributed by atoms with Gasteiger partial charge in [-0.05, 0) is 12.8 Å². The van der Waals surface area contributed by atoms with Crippen LogP contribution >= 0.6 is 0 Å². The van der Waals surface area contributed by atoms with Crippen LogP contribution in [0.5, 0.6) is 0 Å². The third-order valence-corrected chi connectivity index (χ3v) is 2.08. The van der Waals surface area contributed by atoms with Crippen LogP contribution in [0.15, 0.2) is 4.99 Å². The molecule has 1 fully saturated rings. The van der Waals surface area contributed by atoms with Crippen molar-refractivity contribution in [1.29, 1.82) is 0 Å². The van der Waals surface area contributed by atoms with Crippen LogP contribution in [-0.2, 0) is 14.3 Å². The number of rotatable bonds is 2. The van der Waals surface area contributed by atoms with Gasteiger partial charge in [-0.15, -0.1) is 4.99 Å². The molecule has 0 aromatic rings. The number of carbonyl (C=O) groups excluding carboxylic acids is 2. The molecular formula is C8H11NO3. The summed E-state index contributed by atoms with van der Waals surface area (Å²) in [6.45, 7) is 2.53. The van der Waals surface area contributed by atoms with E-state index in [9.17, 15) is 9.59 Å². The van der Waals surface area contributed by atoms with Crippen molar-refractivity contribution in [2.24, 2.45) is 10.9 Å². The number of nitrogens with zero attached hydrogens (tertiary/aromatic N) is 1. The fraction of sp³-hybridized carbons (Fsp3) is 0.750. The molecule has 0 N–H and O–H groups in total. The molecule has 2 atom stereocenters. The van der Waals surface area contributed by atoms with Gasteiger partial charge >= 0.3 is 0 Å². The fourth-order valence-corrected chi connectivity index (χ4v) is 1.46. The van der Waals surface area contributed by atoms with E-state index in [-0.39, 0.29) is 12.0 Å². The molecule has 66 valence electrons. The molecule has 1 aliphatic heterocycles. The molecule has 0 aromatic carbocycles. The van der Waals surface area contributed by atoms with E-state index in [0.29, 0.717) is 13.0 Å². The first kappa shape index (κ1) is 9.10. The lowest BCUT2D eigenvalue weighted by Gasteiger charge is -2.11. The molecule has 1 rings (SSSR count). The van der Waals surface area contributed by atoms with Crippen molar-refractivity contribution in [3.63, 3.8) is 0 Å². The summed E-state index contributed by atoms with van der Waals surface area (Å²) in [4.78, 5) is 24.0. The highest BCUT2D eigenvalue weighted by molar-refractivity contribution is 5.84. The standard InChI is InChI=1S/C8H11NO3/c1-2-7-6(3-4-12-7)8(11)9-5-10/h6-7H,2-4H2,1H3. The van der Waals surface area contributed by atoms with Crippen LogP contribution in [0, 0.1) is 5.92 Å².